The summed E-state index contributed by atoms with van der Waals surface area (Å²) in [7, 11) is 1.76. The quantitative estimate of drug-likeness (QED) is 0.891. The van der Waals surface area contributed by atoms with Crippen LogP contribution in [0.4, 0.5) is 14.5 Å². The minimum atomic E-state index is -0.674. The highest BCUT2D eigenvalue weighted by Gasteiger charge is 2.19. The molecule has 0 fully saturated rings. The van der Waals surface area contributed by atoms with Gasteiger partial charge in [0.2, 0.25) is 5.88 Å². The normalized spacial score (nSPS) is 15.4. The van der Waals surface area contributed by atoms with Crippen LogP contribution in [-0.4, -0.2) is 12.0 Å². The van der Waals surface area contributed by atoms with E-state index in [2.05, 4.69) is 10.3 Å². The first kappa shape index (κ1) is 12.5. The molecule has 0 spiro atoms. The molecule has 0 saturated carbocycles. The average molecular weight is 252 g/mol. The Morgan fingerprint density at radius 1 is 1.39 bits per heavy atom. The molecule has 1 aliphatic rings. The standard InChI is InChI=1S/C13H14F2N2O/c1-8-7-17-12(6-11(8)16-2)18-13-9(14)4-3-5-10(13)15/h4,6-7H,3,5H2,1-2H3,(H,16,17). The fourth-order valence-electron chi connectivity index (χ4n) is 1.70. The summed E-state index contributed by atoms with van der Waals surface area (Å²) in [5.41, 5.74) is 1.74. The van der Waals surface area contributed by atoms with E-state index in [1.165, 1.54) is 6.08 Å². The van der Waals surface area contributed by atoms with Gasteiger partial charge in [-0.05, 0) is 25.0 Å². The molecular weight excluding hydrogens is 238 g/mol. The van der Waals surface area contributed by atoms with Gasteiger partial charge in [0, 0.05) is 31.4 Å². The van der Waals surface area contributed by atoms with Crippen LogP contribution in [0.25, 0.3) is 0 Å². The molecule has 5 heteroatoms. The van der Waals surface area contributed by atoms with Gasteiger partial charge in [0.05, 0.1) is 0 Å². The lowest BCUT2D eigenvalue weighted by molar-refractivity contribution is 0.352. The number of hydrogen-bond donors (Lipinski definition) is 1. The zero-order chi connectivity index (χ0) is 13.1. The van der Waals surface area contributed by atoms with Crippen molar-refractivity contribution in [3.63, 3.8) is 0 Å². The Labute approximate surface area is 104 Å². The van der Waals surface area contributed by atoms with Crippen LogP contribution in [-0.2, 0) is 0 Å². The van der Waals surface area contributed by atoms with Gasteiger partial charge in [0.25, 0.3) is 0 Å². The number of nitrogens with one attached hydrogen (secondary N) is 1. The van der Waals surface area contributed by atoms with Gasteiger partial charge in [-0.15, -0.1) is 0 Å². The number of aromatic nitrogens is 1. The van der Waals surface area contributed by atoms with E-state index in [9.17, 15) is 8.78 Å². The first-order valence-corrected chi connectivity index (χ1v) is 5.68. The maximum Gasteiger partial charge on any atom is 0.221 e. The van der Waals surface area contributed by atoms with E-state index in [1.807, 2.05) is 6.92 Å². The first-order valence-electron chi connectivity index (χ1n) is 5.68. The molecule has 1 N–H and O–H groups in total. The van der Waals surface area contributed by atoms with E-state index < -0.39 is 11.7 Å². The zero-order valence-electron chi connectivity index (χ0n) is 10.3. The number of allylic oxidation sites excluding steroid dienone is 3. The van der Waals surface area contributed by atoms with Gasteiger partial charge in [0.15, 0.2) is 11.6 Å². The Balaban J connectivity index is 2.27. The van der Waals surface area contributed by atoms with E-state index >= 15 is 0 Å². The summed E-state index contributed by atoms with van der Waals surface area (Å²) in [6, 6.07) is 1.61. The van der Waals surface area contributed by atoms with Crippen LogP contribution in [0.1, 0.15) is 18.4 Å². The van der Waals surface area contributed by atoms with Gasteiger partial charge < -0.3 is 10.1 Å². The molecule has 0 saturated heterocycles. The highest BCUT2D eigenvalue weighted by atomic mass is 19.1. The number of rotatable bonds is 3. The Bertz CT molecular complexity index is 524. The summed E-state index contributed by atoms with van der Waals surface area (Å²) in [6.07, 6.45) is 3.41. The topological polar surface area (TPSA) is 34.1 Å². The molecule has 3 nitrogen and oxygen atoms in total. The third-order valence-corrected chi connectivity index (χ3v) is 2.70. The lowest BCUT2D eigenvalue weighted by atomic mass is 10.1. The van der Waals surface area contributed by atoms with Gasteiger partial charge >= 0.3 is 0 Å². The van der Waals surface area contributed by atoms with E-state index in [4.69, 9.17) is 4.74 Å². The predicted octanol–water partition coefficient (Wildman–Crippen LogP) is 3.64. The third-order valence-electron chi connectivity index (χ3n) is 2.70. The summed E-state index contributed by atoms with van der Waals surface area (Å²) >= 11 is 0. The summed E-state index contributed by atoms with van der Waals surface area (Å²) in [4.78, 5) is 3.99. The van der Waals surface area contributed by atoms with Crippen LogP contribution in [0.3, 0.4) is 0 Å². The lowest BCUT2D eigenvalue weighted by Crippen LogP contribution is -2.05. The molecule has 1 aliphatic carbocycles. The fourth-order valence-corrected chi connectivity index (χ4v) is 1.70. The fraction of sp³-hybridized carbons (Fsp3) is 0.308. The van der Waals surface area contributed by atoms with Gasteiger partial charge in [-0.25, -0.2) is 13.8 Å². The molecule has 0 aliphatic heterocycles. The second-order valence-corrected chi connectivity index (χ2v) is 4.01. The molecule has 0 amide bonds. The minimum Gasteiger partial charge on any atom is -0.433 e. The molecule has 0 bridgehead atoms. The van der Waals surface area contributed by atoms with Crippen LogP contribution < -0.4 is 10.1 Å². The summed E-state index contributed by atoms with van der Waals surface area (Å²) in [6.45, 7) is 1.88. The molecule has 0 atom stereocenters. The van der Waals surface area contributed by atoms with Gasteiger partial charge in [-0.1, -0.05) is 0 Å². The smallest absolute Gasteiger partial charge is 0.221 e. The van der Waals surface area contributed by atoms with Crippen molar-refractivity contribution in [1.29, 1.82) is 0 Å². The maximum atomic E-state index is 13.5. The highest BCUT2D eigenvalue weighted by molar-refractivity contribution is 5.51. The molecule has 1 aromatic heterocycles. The van der Waals surface area contributed by atoms with E-state index in [0.717, 1.165) is 11.3 Å². The van der Waals surface area contributed by atoms with Crippen molar-refractivity contribution in [3.8, 4) is 5.88 Å². The van der Waals surface area contributed by atoms with E-state index in [1.54, 1.807) is 19.3 Å². The van der Waals surface area contributed by atoms with Crippen LogP contribution in [0.5, 0.6) is 5.88 Å². The van der Waals surface area contributed by atoms with Crippen molar-refractivity contribution < 1.29 is 13.5 Å². The Morgan fingerprint density at radius 2 is 2.17 bits per heavy atom. The molecule has 96 valence electrons. The van der Waals surface area contributed by atoms with Crippen molar-refractivity contribution in [2.75, 3.05) is 12.4 Å². The number of pyridine rings is 1. The molecule has 1 aromatic rings. The number of nitrogens with zero attached hydrogens (tertiary/aromatic N) is 1. The van der Waals surface area contributed by atoms with Crippen LogP contribution >= 0.6 is 0 Å². The second kappa shape index (κ2) is 5.16. The minimum absolute atomic E-state index is 0.160. The second-order valence-electron chi connectivity index (χ2n) is 4.01. The molecule has 1 heterocycles. The predicted molar refractivity (Wildman–Crippen MR) is 65.7 cm³/mol. The van der Waals surface area contributed by atoms with E-state index in [0.29, 0.717) is 6.42 Å². The van der Waals surface area contributed by atoms with Gasteiger partial charge in [-0.2, -0.15) is 0 Å². The van der Waals surface area contributed by atoms with E-state index in [-0.39, 0.29) is 18.1 Å². The number of ether oxygens (including phenoxy) is 1. The first-order chi connectivity index (χ1) is 8.61. The molecule has 0 radical (unpaired) electrons. The van der Waals surface area contributed by atoms with Crippen molar-refractivity contribution in [1.82, 2.24) is 4.98 Å². The summed E-state index contributed by atoms with van der Waals surface area (Å²) in [5, 5.41) is 2.96. The molecule has 0 aromatic carbocycles. The highest BCUT2D eigenvalue weighted by Crippen LogP contribution is 2.30. The van der Waals surface area contributed by atoms with Crippen molar-refractivity contribution >= 4 is 5.69 Å². The molecule has 2 rings (SSSR count). The molecule has 0 unspecified atom stereocenters. The van der Waals surface area contributed by atoms with Gasteiger partial charge in [0.1, 0.15) is 5.83 Å². The SMILES string of the molecule is CNc1cc(OC2=C(F)CCC=C2F)ncc1C. The molecule has 18 heavy (non-hydrogen) atoms. The number of aryl methyl sites for hydroxylation is 1. The molecular formula is C13H14F2N2O. The van der Waals surface area contributed by atoms with Crippen molar-refractivity contribution in [3.05, 3.63) is 41.3 Å². The Morgan fingerprint density at radius 3 is 2.83 bits per heavy atom. The zero-order valence-corrected chi connectivity index (χ0v) is 10.3. The lowest BCUT2D eigenvalue weighted by Gasteiger charge is -2.13. The van der Waals surface area contributed by atoms with Crippen molar-refractivity contribution in [2.45, 2.75) is 19.8 Å². The van der Waals surface area contributed by atoms with Gasteiger partial charge in [-0.3, -0.25) is 0 Å². The summed E-state index contributed by atoms with van der Waals surface area (Å²) in [5.74, 6) is -1.45. The number of anilines is 1. The van der Waals surface area contributed by atoms with Crippen LogP contribution in [0.15, 0.2) is 35.8 Å². The maximum absolute atomic E-state index is 13.5. The average Bonchev–Trinajstić information content (AvgIpc) is 2.36. The van der Waals surface area contributed by atoms with Crippen molar-refractivity contribution in [2.24, 2.45) is 0 Å². The Kier molecular flexibility index (Phi) is 3.60. The third kappa shape index (κ3) is 2.50. The monoisotopic (exact) mass is 252 g/mol. The summed E-state index contributed by atoms with van der Waals surface area (Å²) < 4.78 is 32.1. The van der Waals surface area contributed by atoms with Crippen LogP contribution in [0, 0.1) is 6.92 Å². The van der Waals surface area contributed by atoms with Crippen LogP contribution in [0.2, 0.25) is 0 Å². The number of hydrogen-bond acceptors (Lipinski definition) is 3. The largest absolute Gasteiger partial charge is 0.433 e. The Hall–Kier alpha value is -1.91. The number of halogens is 2.